The zero-order chi connectivity index (χ0) is 13.8. The van der Waals surface area contributed by atoms with Gasteiger partial charge in [0.2, 0.25) is 0 Å². The number of hydrogen-bond donors (Lipinski definition) is 1. The molecule has 2 aromatic rings. The molecule has 0 saturated heterocycles. The molecule has 0 aliphatic rings. The average Bonchev–Trinajstić information content (AvgIpc) is 2.76. The van der Waals surface area contributed by atoms with E-state index in [0.717, 1.165) is 18.5 Å². The molecule has 0 aliphatic carbocycles. The van der Waals surface area contributed by atoms with E-state index in [1.165, 1.54) is 12.1 Å². The van der Waals surface area contributed by atoms with Gasteiger partial charge >= 0.3 is 0 Å². The van der Waals surface area contributed by atoms with Gasteiger partial charge in [-0.15, -0.1) is 0 Å². The number of nitrogens with one attached hydrogen (secondary N) is 1. The van der Waals surface area contributed by atoms with Crippen LogP contribution in [0.4, 0.5) is 10.1 Å². The molecule has 102 valence electrons. The maximum atomic E-state index is 13.1. The van der Waals surface area contributed by atoms with Gasteiger partial charge < -0.3 is 5.32 Å². The number of halogens is 3. The SMILES string of the molecule is CCCn1cc(CNc2c(Cl)cc(F)cc2Br)cn1. The Bertz CT molecular complexity index is 548. The zero-order valence-corrected chi connectivity index (χ0v) is 12.8. The van der Waals surface area contributed by atoms with Crippen LogP contribution >= 0.6 is 27.5 Å². The smallest absolute Gasteiger partial charge is 0.125 e. The highest BCUT2D eigenvalue weighted by atomic mass is 79.9. The first-order chi connectivity index (χ1) is 9.10. The van der Waals surface area contributed by atoms with Crippen molar-refractivity contribution in [3.63, 3.8) is 0 Å². The van der Waals surface area contributed by atoms with Crippen molar-refractivity contribution in [3.8, 4) is 0 Å². The van der Waals surface area contributed by atoms with Crippen LogP contribution in [0.5, 0.6) is 0 Å². The summed E-state index contributed by atoms with van der Waals surface area (Å²) in [7, 11) is 0. The molecule has 0 fully saturated rings. The van der Waals surface area contributed by atoms with E-state index in [9.17, 15) is 4.39 Å². The highest BCUT2D eigenvalue weighted by molar-refractivity contribution is 9.10. The Morgan fingerprint density at radius 2 is 2.26 bits per heavy atom. The molecule has 6 heteroatoms. The third kappa shape index (κ3) is 3.70. The summed E-state index contributed by atoms with van der Waals surface area (Å²) in [6, 6.07) is 2.67. The van der Waals surface area contributed by atoms with Gasteiger partial charge in [0.25, 0.3) is 0 Å². The van der Waals surface area contributed by atoms with E-state index in [1.54, 1.807) is 0 Å². The van der Waals surface area contributed by atoms with Gasteiger partial charge in [0, 0.05) is 29.3 Å². The fraction of sp³-hybridized carbons (Fsp3) is 0.308. The number of benzene rings is 1. The van der Waals surface area contributed by atoms with Crippen molar-refractivity contribution < 1.29 is 4.39 Å². The van der Waals surface area contributed by atoms with Crippen LogP contribution in [0.25, 0.3) is 0 Å². The first-order valence-corrected chi connectivity index (χ1v) is 7.17. The Kier molecular flexibility index (Phi) is 4.82. The van der Waals surface area contributed by atoms with Gasteiger partial charge in [-0.1, -0.05) is 18.5 Å². The van der Waals surface area contributed by atoms with Crippen molar-refractivity contribution in [2.75, 3.05) is 5.32 Å². The lowest BCUT2D eigenvalue weighted by atomic mass is 10.3. The number of rotatable bonds is 5. The second-order valence-corrected chi connectivity index (χ2v) is 5.47. The molecular formula is C13H14BrClFN3. The van der Waals surface area contributed by atoms with E-state index in [1.807, 2.05) is 17.1 Å². The van der Waals surface area contributed by atoms with Gasteiger partial charge in [0.05, 0.1) is 16.9 Å². The first-order valence-electron chi connectivity index (χ1n) is 6.00. The topological polar surface area (TPSA) is 29.9 Å². The quantitative estimate of drug-likeness (QED) is 0.866. The van der Waals surface area contributed by atoms with Crippen LogP contribution in [0.2, 0.25) is 5.02 Å². The average molecular weight is 347 g/mol. The Labute approximate surface area is 124 Å². The molecule has 0 atom stereocenters. The Morgan fingerprint density at radius 1 is 1.47 bits per heavy atom. The normalized spacial score (nSPS) is 10.7. The molecule has 0 radical (unpaired) electrons. The van der Waals surface area contributed by atoms with Crippen LogP contribution in [0.1, 0.15) is 18.9 Å². The zero-order valence-electron chi connectivity index (χ0n) is 10.5. The highest BCUT2D eigenvalue weighted by Gasteiger charge is 2.08. The lowest BCUT2D eigenvalue weighted by Crippen LogP contribution is -2.01. The van der Waals surface area contributed by atoms with Crippen LogP contribution in [-0.4, -0.2) is 9.78 Å². The molecular weight excluding hydrogens is 333 g/mol. The third-order valence-corrected chi connectivity index (χ3v) is 3.54. The molecule has 2 rings (SSSR count). The van der Waals surface area contributed by atoms with E-state index in [-0.39, 0.29) is 5.82 Å². The summed E-state index contributed by atoms with van der Waals surface area (Å²) in [6.45, 7) is 3.60. The van der Waals surface area contributed by atoms with Crippen LogP contribution < -0.4 is 5.32 Å². The fourth-order valence-electron chi connectivity index (χ4n) is 1.75. The van der Waals surface area contributed by atoms with Crippen molar-refractivity contribution in [1.82, 2.24) is 9.78 Å². The monoisotopic (exact) mass is 345 g/mol. The lowest BCUT2D eigenvalue weighted by molar-refractivity contribution is 0.602. The number of aromatic nitrogens is 2. The number of nitrogens with zero attached hydrogens (tertiary/aromatic N) is 2. The molecule has 19 heavy (non-hydrogen) atoms. The highest BCUT2D eigenvalue weighted by Crippen LogP contribution is 2.31. The minimum Gasteiger partial charge on any atom is -0.379 e. The standard InChI is InChI=1S/C13H14BrClFN3/c1-2-3-19-8-9(7-18-19)6-17-13-11(14)4-10(16)5-12(13)15/h4-5,7-8,17H,2-3,6H2,1H3. The summed E-state index contributed by atoms with van der Waals surface area (Å²) >= 11 is 9.30. The van der Waals surface area contributed by atoms with Crippen LogP contribution in [0, 0.1) is 5.82 Å². The van der Waals surface area contributed by atoms with E-state index < -0.39 is 0 Å². The third-order valence-electron chi connectivity index (χ3n) is 2.62. The Morgan fingerprint density at radius 3 is 2.95 bits per heavy atom. The Balaban J connectivity index is 2.05. The number of hydrogen-bond acceptors (Lipinski definition) is 2. The second kappa shape index (κ2) is 6.39. The molecule has 1 N–H and O–H groups in total. The number of aryl methyl sites for hydroxylation is 1. The van der Waals surface area contributed by atoms with Crippen molar-refractivity contribution in [1.29, 1.82) is 0 Å². The predicted octanol–water partition coefficient (Wildman–Crippen LogP) is 4.46. The summed E-state index contributed by atoms with van der Waals surface area (Å²) in [5.41, 5.74) is 1.74. The van der Waals surface area contributed by atoms with Gasteiger partial charge in [0.15, 0.2) is 0 Å². The second-order valence-electron chi connectivity index (χ2n) is 4.21. The fourth-order valence-corrected chi connectivity index (χ4v) is 2.71. The van der Waals surface area contributed by atoms with Gasteiger partial charge in [-0.05, 0) is 34.5 Å². The van der Waals surface area contributed by atoms with E-state index in [4.69, 9.17) is 11.6 Å². The number of anilines is 1. The van der Waals surface area contributed by atoms with Crippen LogP contribution in [-0.2, 0) is 13.1 Å². The minimum absolute atomic E-state index is 0.354. The molecule has 0 saturated carbocycles. The van der Waals surface area contributed by atoms with Crippen LogP contribution in [0.15, 0.2) is 29.0 Å². The largest absolute Gasteiger partial charge is 0.379 e. The summed E-state index contributed by atoms with van der Waals surface area (Å²) in [5, 5.41) is 7.78. The van der Waals surface area contributed by atoms with Crippen LogP contribution in [0.3, 0.4) is 0 Å². The van der Waals surface area contributed by atoms with Gasteiger partial charge in [-0.2, -0.15) is 5.10 Å². The molecule has 0 spiro atoms. The summed E-state index contributed by atoms with van der Waals surface area (Å²) < 4.78 is 15.6. The molecule has 0 bridgehead atoms. The predicted molar refractivity (Wildman–Crippen MR) is 79.0 cm³/mol. The van der Waals surface area contributed by atoms with Gasteiger partial charge in [0.1, 0.15) is 5.82 Å². The molecule has 0 aliphatic heterocycles. The summed E-state index contributed by atoms with van der Waals surface area (Å²) in [6.07, 6.45) is 4.85. The van der Waals surface area contributed by atoms with Crippen molar-refractivity contribution in [2.45, 2.75) is 26.4 Å². The molecule has 0 unspecified atom stereocenters. The van der Waals surface area contributed by atoms with E-state index in [2.05, 4.69) is 33.3 Å². The van der Waals surface area contributed by atoms with Gasteiger partial charge in [-0.3, -0.25) is 4.68 Å². The van der Waals surface area contributed by atoms with Crippen molar-refractivity contribution in [3.05, 3.63) is 45.4 Å². The maximum absolute atomic E-state index is 13.1. The Hall–Kier alpha value is -1.07. The van der Waals surface area contributed by atoms with E-state index in [0.29, 0.717) is 21.7 Å². The molecule has 3 nitrogen and oxygen atoms in total. The molecule has 1 aromatic carbocycles. The minimum atomic E-state index is -0.363. The summed E-state index contributed by atoms with van der Waals surface area (Å²) in [4.78, 5) is 0. The molecule has 1 heterocycles. The maximum Gasteiger partial charge on any atom is 0.125 e. The van der Waals surface area contributed by atoms with Gasteiger partial charge in [-0.25, -0.2) is 4.39 Å². The van der Waals surface area contributed by atoms with E-state index >= 15 is 0 Å². The molecule has 1 aromatic heterocycles. The molecule has 0 amide bonds. The van der Waals surface area contributed by atoms with Crippen molar-refractivity contribution in [2.24, 2.45) is 0 Å². The first kappa shape index (κ1) is 14.3. The lowest BCUT2D eigenvalue weighted by Gasteiger charge is -2.09. The summed E-state index contributed by atoms with van der Waals surface area (Å²) in [5.74, 6) is -0.363. The van der Waals surface area contributed by atoms with Crippen molar-refractivity contribution >= 4 is 33.2 Å².